The van der Waals surface area contributed by atoms with Crippen LogP contribution in [-0.2, 0) is 9.62 Å². The van der Waals surface area contributed by atoms with Crippen molar-refractivity contribution in [2.24, 2.45) is 5.92 Å². The second kappa shape index (κ2) is 2.49. The zero-order valence-electron chi connectivity index (χ0n) is 5.82. The molecule has 58 valence electrons. The molecule has 0 spiro atoms. The van der Waals surface area contributed by atoms with Crippen LogP contribution in [0, 0.1) is 5.92 Å². The Hall–Kier alpha value is -0.120. The van der Waals surface area contributed by atoms with Crippen LogP contribution >= 0.6 is 0 Å². The molecule has 1 heterocycles. The standard InChI is InChI=1S/C7H12O3/c8-9-4-5-1-2-6-7(3-5)10-6/h5-8H,1-4H2. The summed E-state index contributed by atoms with van der Waals surface area (Å²) in [6, 6.07) is 0. The van der Waals surface area contributed by atoms with Gasteiger partial charge in [0.05, 0.1) is 18.8 Å². The van der Waals surface area contributed by atoms with E-state index in [1.165, 1.54) is 0 Å². The lowest BCUT2D eigenvalue weighted by Crippen LogP contribution is -2.17. The lowest BCUT2D eigenvalue weighted by atomic mass is 9.90. The van der Waals surface area contributed by atoms with Crippen molar-refractivity contribution in [1.82, 2.24) is 0 Å². The van der Waals surface area contributed by atoms with E-state index < -0.39 is 0 Å². The highest BCUT2D eigenvalue weighted by Crippen LogP contribution is 2.39. The van der Waals surface area contributed by atoms with Crippen LogP contribution < -0.4 is 0 Å². The Bertz CT molecular complexity index is 126. The van der Waals surface area contributed by atoms with E-state index in [1.807, 2.05) is 0 Å². The molecule has 1 aliphatic carbocycles. The maximum absolute atomic E-state index is 8.18. The summed E-state index contributed by atoms with van der Waals surface area (Å²) in [6.07, 6.45) is 4.41. The average molecular weight is 144 g/mol. The molecule has 1 N–H and O–H groups in total. The molecule has 1 aliphatic heterocycles. The molecule has 2 aliphatic rings. The van der Waals surface area contributed by atoms with Gasteiger partial charge in [0.1, 0.15) is 0 Å². The molecular formula is C7H12O3. The molecule has 3 heteroatoms. The van der Waals surface area contributed by atoms with Crippen LogP contribution in [0.2, 0.25) is 0 Å². The minimum absolute atomic E-state index is 0.479. The monoisotopic (exact) mass is 144 g/mol. The van der Waals surface area contributed by atoms with Crippen molar-refractivity contribution >= 4 is 0 Å². The van der Waals surface area contributed by atoms with E-state index in [0.29, 0.717) is 24.7 Å². The summed E-state index contributed by atoms with van der Waals surface area (Å²) >= 11 is 0. The van der Waals surface area contributed by atoms with Crippen LogP contribution in [0.1, 0.15) is 19.3 Å². The predicted molar refractivity (Wildman–Crippen MR) is 34.6 cm³/mol. The number of epoxide rings is 1. The first-order valence-corrected chi connectivity index (χ1v) is 3.82. The SMILES string of the molecule is OOCC1CCC2OC2C1. The van der Waals surface area contributed by atoms with Crippen molar-refractivity contribution < 1.29 is 14.9 Å². The van der Waals surface area contributed by atoms with Gasteiger partial charge >= 0.3 is 0 Å². The first-order chi connectivity index (χ1) is 4.90. The Morgan fingerprint density at radius 1 is 1.40 bits per heavy atom. The summed E-state index contributed by atoms with van der Waals surface area (Å²) in [4.78, 5) is 4.09. The predicted octanol–water partition coefficient (Wildman–Crippen LogP) is 1.04. The van der Waals surface area contributed by atoms with Gasteiger partial charge in [-0.25, -0.2) is 4.89 Å². The summed E-state index contributed by atoms with van der Waals surface area (Å²) in [7, 11) is 0. The highest BCUT2D eigenvalue weighted by Gasteiger charge is 2.43. The van der Waals surface area contributed by atoms with Gasteiger partial charge in [-0.3, -0.25) is 5.26 Å². The maximum Gasteiger partial charge on any atom is 0.0848 e. The third-order valence-corrected chi connectivity index (χ3v) is 2.42. The normalized spacial score (nSPS) is 44.7. The van der Waals surface area contributed by atoms with E-state index in [2.05, 4.69) is 4.89 Å². The Balaban J connectivity index is 1.77. The summed E-state index contributed by atoms with van der Waals surface area (Å²) < 4.78 is 5.32. The van der Waals surface area contributed by atoms with Gasteiger partial charge in [-0.2, -0.15) is 0 Å². The van der Waals surface area contributed by atoms with Crippen LogP contribution in [-0.4, -0.2) is 24.1 Å². The minimum atomic E-state index is 0.479. The van der Waals surface area contributed by atoms with Gasteiger partial charge in [0.25, 0.3) is 0 Å². The Morgan fingerprint density at radius 3 is 3.00 bits per heavy atom. The molecule has 3 nitrogen and oxygen atoms in total. The molecule has 3 atom stereocenters. The molecule has 1 saturated carbocycles. The van der Waals surface area contributed by atoms with Gasteiger partial charge in [-0.05, 0) is 25.2 Å². The van der Waals surface area contributed by atoms with Crippen molar-refractivity contribution in [3.8, 4) is 0 Å². The minimum Gasteiger partial charge on any atom is -0.370 e. The van der Waals surface area contributed by atoms with Crippen molar-refractivity contribution in [1.29, 1.82) is 0 Å². The molecule has 0 aromatic carbocycles. The molecule has 0 amide bonds. The van der Waals surface area contributed by atoms with Crippen LogP contribution in [0.5, 0.6) is 0 Å². The van der Waals surface area contributed by atoms with Crippen LogP contribution in [0.4, 0.5) is 0 Å². The summed E-state index contributed by atoms with van der Waals surface area (Å²) in [5.74, 6) is 0.522. The zero-order valence-corrected chi connectivity index (χ0v) is 5.82. The first-order valence-electron chi connectivity index (χ1n) is 3.82. The lowest BCUT2D eigenvalue weighted by molar-refractivity contribution is -0.252. The third kappa shape index (κ3) is 1.17. The highest BCUT2D eigenvalue weighted by atomic mass is 17.1. The molecule has 0 bridgehead atoms. The zero-order chi connectivity index (χ0) is 6.97. The van der Waals surface area contributed by atoms with Crippen molar-refractivity contribution in [2.75, 3.05) is 6.61 Å². The second-order valence-electron chi connectivity index (χ2n) is 3.19. The largest absolute Gasteiger partial charge is 0.370 e. The lowest BCUT2D eigenvalue weighted by Gasteiger charge is -2.15. The first kappa shape index (κ1) is 6.58. The summed E-state index contributed by atoms with van der Waals surface area (Å²) in [6.45, 7) is 0.479. The third-order valence-electron chi connectivity index (χ3n) is 2.42. The Morgan fingerprint density at radius 2 is 2.30 bits per heavy atom. The van der Waals surface area contributed by atoms with Crippen molar-refractivity contribution in [3.63, 3.8) is 0 Å². The molecule has 0 aromatic rings. The average Bonchev–Trinajstić information content (AvgIpc) is 2.66. The Kier molecular flexibility index (Phi) is 1.64. The smallest absolute Gasteiger partial charge is 0.0848 e. The molecule has 0 aromatic heterocycles. The molecule has 3 unspecified atom stereocenters. The quantitative estimate of drug-likeness (QED) is 0.357. The number of ether oxygens (including phenoxy) is 1. The summed E-state index contributed by atoms with van der Waals surface area (Å²) in [5.41, 5.74) is 0. The molecule has 2 rings (SSSR count). The van der Waals surface area contributed by atoms with Gasteiger partial charge in [-0.1, -0.05) is 0 Å². The van der Waals surface area contributed by atoms with Crippen LogP contribution in [0.3, 0.4) is 0 Å². The van der Waals surface area contributed by atoms with Crippen molar-refractivity contribution in [2.45, 2.75) is 31.5 Å². The molecule has 10 heavy (non-hydrogen) atoms. The number of rotatable bonds is 2. The van der Waals surface area contributed by atoms with Gasteiger partial charge in [0, 0.05) is 0 Å². The van der Waals surface area contributed by atoms with Gasteiger partial charge in [0.15, 0.2) is 0 Å². The fourth-order valence-electron chi connectivity index (χ4n) is 1.74. The number of hydrogen-bond donors (Lipinski definition) is 1. The highest BCUT2D eigenvalue weighted by molar-refractivity contribution is 4.91. The van der Waals surface area contributed by atoms with Crippen LogP contribution in [0.25, 0.3) is 0 Å². The maximum atomic E-state index is 8.18. The molecule has 2 fully saturated rings. The van der Waals surface area contributed by atoms with Crippen molar-refractivity contribution in [3.05, 3.63) is 0 Å². The molecule has 0 radical (unpaired) electrons. The fraction of sp³-hybridized carbons (Fsp3) is 1.00. The Labute approximate surface area is 59.9 Å². The van der Waals surface area contributed by atoms with Gasteiger partial charge < -0.3 is 4.74 Å². The van der Waals surface area contributed by atoms with E-state index in [-0.39, 0.29) is 0 Å². The fourth-order valence-corrected chi connectivity index (χ4v) is 1.74. The van der Waals surface area contributed by atoms with Gasteiger partial charge in [-0.15, -0.1) is 0 Å². The second-order valence-corrected chi connectivity index (χ2v) is 3.19. The van der Waals surface area contributed by atoms with E-state index in [0.717, 1.165) is 19.3 Å². The van der Waals surface area contributed by atoms with E-state index in [4.69, 9.17) is 9.99 Å². The summed E-state index contributed by atoms with van der Waals surface area (Å²) in [5, 5.41) is 8.18. The van der Waals surface area contributed by atoms with E-state index in [1.54, 1.807) is 0 Å². The topological polar surface area (TPSA) is 42.0 Å². The number of fused-ring (bicyclic) bond motifs is 1. The number of hydrogen-bond acceptors (Lipinski definition) is 3. The van der Waals surface area contributed by atoms with Gasteiger partial charge in [0.2, 0.25) is 0 Å². The van der Waals surface area contributed by atoms with E-state index >= 15 is 0 Å². The van der Waals surface area contributed by atoms with E-state index in [9.17, 15) is 0 Å². The van der Waals surface area contributed by atoms with Crippen LogP contribution in [0.15, 0.2) is 0 Å². The molecular weight excluding hydrogens is 132 g/mol. The molecule has 1 saturated heterocycles.